The fourth-order valence-corrected chi connectivity index (χ4v) is 4.46. The Morgan fingerprint density at radius 2 is 1.84 bits per heavy atom. The summed E-state index contributed by atoms with van der Waals surface area (Å²) in [7, 11) is 6.04. The van der Waals surface area contributed by atoms with Crippen LogP contribution in [0.1, 0.15) is 24.8 Å². The monoisotopic (exact) mass is 346 g/mol. The number of nitrogens with zero attached hydrogens (tertiary/aromatic N) is 2. The molecule has 1 heterocycles. The molecule has 138 valence electrons. The maximum atomic E-state index is 12.6. The Balaban J connectivity index is 1.55. The van der Waals surface area contributed by atoms with Gasteiger partial charge in [0.05, 0.1) is 6.10 Å². The summed E-state index contributed by atoms with van der Waals surface area (Å²) in [5, 5.41) is 9.34. The number of hydrogen-bond donors (Lipinski definition) is 1. The highest BCUT2D eigenvalue weighted by molar-refractivity contribution is 5.76. The molecule has 0 aromatic heterocycles. The van der Waals surface area contributed by atoms with Gasteiger partial charge in [-0.3, -0.25) is 4.79 Å². The van der Waals surface area contributed by atoms with Gasteiger partial charge in [-0.1, -0.05) is 12.1 Å². The number of hydrogen-bond acceptors (Lipinski definition) is 4. The van der Waals surface area contributed by atoms with Crippen LogP contribution in [-0.4, -0.2) is 67.3 Å². The first kappa shape index (κ1) is 18.2. The molecule has 5 heteroatoms. The number of phenolic OH excluding ortho intramolecular Hbond substituents is 1. The first-order valence-electron chi connectivity index (χ1n) is 9.23. The molecule has 0 unspecified atom stereocenters. The third-order valence-electron chi connectivity index (χ3n) is 5.97. The highest BCUT2D eigenvalue weighted by Crippen LogP contribution is 2.39. The third-order valence-corrected chi connectivity index (χ3v) is 5.97. The zero-order valence-electron chi connectivity index (χ0n) is 15.5. The van der Waals surface area contributed by atoms with E-state index in [0.29, 0.717) is 24.3 Å². The molecule has 1 saturated heterocycles. The average Bonchev–Trinajstić information content (AvgIpc) is 3.02. The fraction of sp³-hybridized carbons (Fsp3) is 0.650. The molecule has 0 bridgehead atoms. The molecular weight excluding hydrogens is 316 g/mol. The van der Waals surface area contributed by atoms with Gasteiger partial charge in [-0.05, 0) is 62.9 Å². The Morgan fingerprint density at radius 1 is 1.20 bits per heavy atom. The minimum Gasteiger partial charge on any atom is -0.508 e. The van der Waals surface area contributed by atoms with E-state index < -0.39 is 0 Å². The van der Waals surface area contributed by atoms with Crippen LogP contribution in [0.4, 0.5) is 0 Å². The zero-order valence-corrected chi connectivity index (χ0v) is 15.5. The van der Waals surface area contributed by atoms with E-state index >= 15 is 0 Å². The van der Waals surface area contributed by atoms with E-state index in [4.69, 9.17) is 4.74 Å². The predicted molar refractivity (Wildman–Crippen MR) is 97.5 cm³/mol. The van der Waals surface area contributed by atoms with Crippen LogP contribution in [0.2, 0.25) is 0 Å². The second-order valence-electron chi connectivity index (χ2n) is 7.76. The molecule has 2 aliphatic rings. The van der Waals surface area contributed by atoms with Crippen LogP contribution in [0.5, 0.6) is 5.75 Å². The van der Waals surface area contributed by atoms with Gasteiger partial charge in [-0.25, -0.2) is 0 Å². The molecule has 1 aliphatic carbocycles. The SMILES string of the molecule is CO[C@@H]1C[C@H]2CN(C(=O)CCc3ccc(O)cc3)C[C@H]2C[C@H]1N(C)C. The number of rotatable bonds is 5. The fourth-order valence-electron chi connectivity index (χ4n) is 4.46. The lowest BCUT2D eigenvalue weighted by molar-refractivity contribution is -0.130. The number of aromatic hydroxyl groups is 1. The van der Waals surface area contributed by atoms with Gasteiger partial charge in [-0.2, -0.15) is 0 Å². The van der Waals surface area contributed by atoms with Gasteiger partial charge >= 0.3 is 0 Å². The lowest BCUT2D eigenvalue weighted by Gasteiger charge is -2.40. The molecule has 3 rings (SSSR count). The Bertz CT molecular complexity index is 587. The van der Waals surface area contributed by atoms with Crippen LogP contribution in [0.25, 0.3) is 0 Å². The van der Waals surface area contributed by atoms with Gasteiger partial charge in [0.25, 0.3) is 0 Å². The summed E-state index contributed by atoms with van der Waals surface area (Å²) >= 11 is 0. The normalized spacial score (nSPS) is 29.0. The summed E-state index contributed by atoms with van der Waals surface area (Å²) in [5.74, 6) is 1.68. The van der Waals surface area contributed by atoms with E-state index in [1.807, 2.05) is 12.1 Å². The van der Waals surface area contributed by atoms with E-state index in [0.717, 1.165) is 37.9 Å². The average molecular weight is 346 g/mol. The van der Waals surface area contributed by atoms with Crippen molar-refractivity contribution in [2.75, 3.05) is 34.3 Å². The summed E-state index contributed by atoms with van der Waals surface area (Å²) in [6.07, 6.45) is 3.69. The van der Waals surface area contributed by atoms with Crippen LogP contribution in [0.15, 0.2) is 24.3 Å². The maximum absolute atomic E-state index is 12.6. The zero-order chi connectivity index (χ0) is 18.0. The smallest absolute Gasteiger partial charge is 0.222 e. The molecular formula is C20H30N2O3. The molecule has 5 nitrogen and oxygen atoms in total. The molecule has 4 atom stereocenters. The van der Waals surface area contributed by atoms with Crippen LogP contribution in [0, 0.1) is 11.8 Å². The van der Waals surface area contributed by atoms with E-state index in [2.05, 4.69) is 23.9 Å². The van der Waals surface area contributed by atoms with Crippen molar-refractivity contribution >= 4 is 5.91 Å². The second-order valence-corrected chi connectivity index (χ2v) is 7.76. The number of carbonyl (C=O) groups is 1. The third kappa shape index (κ3) is 4.15. The van der Waals surface area contributed by atoms with Crippen LogP contribution < -0.4 is 0 Å². The van der Waals surface area contributed by atoms with Crippen LogP contribution in [-0.2, 0) is 16.0 Å². The highest BCUT2D eigenvalue weighted by atomic mass is 16.5. The van der Waals surface area contributed by atoms with Gasteiger partial charge in [0.15, 0.2) is 0 Å². The number of fused-ring (bicyclic) bond motifs is 1. The quantitative estimate of drug-likeness (QED) is 0.887. The van der Waals surface area contributed by atoms with Gasteiger partial charge in [0, 0.05) is 32.7 Å². The first-order valence-corrected chi connectivity index (χ1v) is 9.23. The van der Waals surface area contributed by atoms with Crippen LogP contribution >= 0.6 is 0 Å². The predicted octanol–water partition coefficient (Wildman–Crippen LogP) is 2.14. The van der Waals surface area contributed by atoms with Crippen molar-refractivity contribution in [1.29, 1.82) is 0 Å². The van der Waals surface area contributed by atoms with Gasteiger partial charge in [0.1, 0.15) is 5.75 Å². The lowest BCUT2D eigenvalue weighted by atomic mass is 9.77. The lowest BCUT2D eigenvalue weighted by Crippen LogP contribution is -2.47. The van der Waals surface area contributed by atoms with Crippen LogP contribution in [0.3, 0.4) is 0 Å². The summed E-state index contributed by atoms with van der Waals surface area (Å²) in [4.78, 5) is 16.9. The molecule has 1 aromatic rings. The molecule has 2 fully saturated rings. The van der Waals surface area contributed by atoms with Crippen molar-refractivity contribution < 1.29 is 14.6 Å². The number of aryl methyl sites for hydroxylation is 1. The van der Waals surface area contributed by atoms with Crippen molar-refractivity contribution in [2.24, 2.45) is 11.8 Å². The first-order chi connectivity index (χ1) is 12.0. The molecule has 1 aromatic carbocycles. The number of carbonyl (C=O) groups excluding carboxylic acids is 1. The van der Waals surface area contributed by atoms with Crippen molar-refractivity contribution in [3.8, 4) is 5.75 Å². The van der Waals surface area contributed by atoms with Crippen molar-refractivity contribution in [3.05, 3.63) is 29.8 Å². The number of benzene rings is 1. The summed E-state index contributed by atoms with van der Waals surface area (Å²) < 4.78 is 5.72. The maximum Gasteiger partial charge on any atom is 0.222 e. The van der Waals surface area contributed by atoms with E-state index in [-0.39, 0.29) is 17.8 Å². The summed E-state index contributed by atoms with van der Waals surface area (Å²) in [6.45, 7) is 1.76. The molecule has 1 amide bonds. The highest BCUT2D eigenvalue weighted by Gasteiger charge is 2.43. The molecule has 1 N–H and O–H groups in total. The van der Waals surface area contributed by atoms with Gasteiger partial charge in [-0.15, -0.1) is 0 Å². The number of methoxy groups -OCH3 is 1. The van der Waals surface area contributed by atoms with Gasteiger partial charge in [0.2, 0.25) is 5.91 Å². The number of likely N-dealkylation sites (N-methyl/N-ethyl adjacent to an activating group) is 1. The van der Waals surface area contributed by atoms with E-state index in [9.17, 15) is 9.90 Å². The minimum atomic E-state index is 0.248. The van der Waals surface area contributed by atoms with Gasteiger partial charge < -0.3 is 19.6 Å². The van der Waals surface area contributed by atoms with Crippen molar-refractivity contribution in [2.45, 2.75) is 37.8 Å². The Labute approximate surface area is 150 Å². The molecule has 0 spiro atoms. The van der Waals surface area contributed by atoms with E-state index in [1.165, 1.54) is 0 Å². The minimum absolute atomic E-state index is 0.248. The standard InChI is InChI=1S/C20H30N2O3/c1-21(2)18-10-15-12-22(13-16(15)11-19(18)25-3)20(24)9-6-14-4-7-17(23)8-5-14/h4-5,7-8,15-16,18-19,23H,6,9-13H2,1-3H3/t15-,16+,18-,19-/m1/s1. The summed E-state index contributed by atoms with van der Waals surface area (Å²) in [6, 6.07) is 7.57. The number of phenols is 1. The van der Waals surface area contributed by atoms with Crippen molar-refractivity contribution in [3.63, 3.8) is 0 Å². The van der Waals surface area contributed by atoms with Crippen molar-refractivity contribution in [1.82, 2.24) is 9.80 Å². The molecule has 1 aliphatic heterocycles. The topological polar surface area (TPSA) is 53.0 Å². The van der Waals surface area contributed by atoms with E-state index in [1.54, 1.807) is 19.2 Å². The molecule has 1 saturated carbocycles. The number of likely N-dealkylation sites (tertiary alicyclic amines) is 1. The Kier molecular flexibility index (Phi) is 5.64. The Morgan fingerprint density at radius 3 is 2.44 bits per heavy atom. The second kappa shape index (κ2) is 7.75. The molecule has 25 heavy (non-hydrogen) atoms. The summed E-state index contributed by atoms with van der Waals surface area (Å²) in [5.41, 5.74) is 1.09. The Hall–Kier alpha value is -1.59. The number of amides is 1. The largest absolute Gasteiger partial charge is 0.508 e. The molecule has 0 radical (unpaired) electrons. The number of ether oxygens (including phenoxy) is 1.